The van der Waals surface area contributed by atoms with Crippen molar-refractivity contribution >= 4 is 25.5 Å². The van der Waals surface area contributed by atoms with E-state index in [0.717, 1.165) is 12.7 Å². The van der Waals surface area contributed by atoms with Gasteiger partial charge in [0, 0.05) is 6.26 Å². The Hall–Kier alpha value is -2.06. The van der Waals surface area contributed by atoms with Crippen LogP contribution in [0.1, 0.15) is 13.3 Å². The van der Waals surface area contributed by atoms with Gasteiger partial charge in [0.1, 0.15) is 10.6 Å². The van der Waals surface area contributed by atoms with Gasteiger partial charge in [-0.05, 0) is 30.7 Å². The Morgan fingerprint density at radius 3 is 2.12 bits per heavy atom. The second-order valence-electron chi connectivity index (χ2n) is 5.17. The van der Waals surface area contributed by atoms with Crippen molar-refractivity contribution in [3.05, 3.63) is 48.5 Å². The molecule has 2 aromatic carbocycles. The van der Waals surface area contributed by atoms with Crippen LogP contribution in [0.25, 0.3) is 0 Å². The van der Waals surface area contributed by atoms with E-state index >= 15 is 0 Å². The molecule has 130 valence electrons. The van der Waals surface area contributed by atoms with Crippen molar-refractivity contribution in [2.24, 2.45) is 0 Å². The van der Waals surface area contributed by atoms with Crippen molar-refractivity contribution in [1.82, 2.24) is 0 Å². The third-order valence-corrected chi connectivity index (χ3v) is 5.84. The van der Waals surface area contributed by atoms with Crippen molar-refractivity contribution < 1.29 is 21.6 Å². The zero-order chi connectivity index (χ0) is 17.8. The molecule has 0 radical (unpaired) electrons. The molecule has 0 unspecified atom stereocenters. The van der Waals surface area contributed by atoms with Crippen LogP contribution >= 0.6 is 0 Å². The number of rotatable bonds is 7. The highest BCUT2D eigenvalue weighted by Gasteiger charge is 2.24. The summed E-state index contributed by atoms with van der Waals surface area (Å²) >= 11 is 0. The van der Waals surface area contributed by atoms with Gasteiger partial charge in [-0.2, -0.15) is 0 Å². The van der Waals surface area contributed by atoms with E-state index in [1.807, 2.05) is 6.92 Å². The molecule has 2 aromatic rings. The van der Waals surface area contributed by atoms with Crippen molar-refractivity contribution in [3.8, 4) is 5.75 Å². The lowest BCUT2D eigenvalue weighted by atomic mass is 10.3. The molecule has 24 heavy (non-hydrogen) atoms. The van der Waals surface area contributed by atoms with Crippen molar-refractivity contribution in [2.45, 2.75) is 23.1 Å². The fourth-order valence-electron chi connectivity index (χ4n) is 2.07. The number of sulfone groups is 1. The molecular formula is C16H19NO5S2. The van der Waals surface area contributed by atoms with Crippen LogP contribution in [0.5, 0.6) is 5.75 Å². The lowest BCUT2D eigenvalue weighted by molar-refractivity contribution is 0.319. The molecule has 0 bridgehead atoms. The maximum absolute atomic E-state index is 12.7. The number of hydrogen-bond donors (Lipinski definition) is 1. The van der Waals surface area contributed by atoms with Crippen LogP contribution in [-0.2, 0) is 19.9 Å². The summed E-state index contributed by atoms with van der Waals surface area (Å²) in [5.74, 6) is 0.389. The average Bonchev–Trinajstić information content (AvgIpc) is 2.53. The minimum atomic E-state index is -4.08. The van der Waals surface area contributed by atoms with Crippen LogP contribution < -0.4 is 9.46 Å². The highest BCUT2D eigenvalue weighted by atomic mass is 32.2. The molecule has 2 rings (SSSR count). The Labute approximate surface area is 142 Å². The number of nitrogens with one attached hydrogen (secondary N) is 1. The van der Waals surface area contributed by atoms with Gasteiger partial charge >= 0.3 is 0 Å². The minimum Gasteiger partial charge on any atom is -0.491 e. The van der Waals surface area contributed by atoms with Gasteiger partial charge in [-0.3, -0.25) is 4.72 Å². The summed E-state index contributed by atoms with van der Waals surface area (Å²) in [5.41, 5.74) is 0.259. The molecular weight excluding hydrogens is 350 g/mol. The predicted molar refractivity (Wildman–Crippen MR) is 92.6 cm³/mol. The summed E-state index contributed by atoms with van der Waals surface area (Å²) in [6, 6.07) is 12.1. The molecule has 0 atom stereocenters. The van der Waals surface area contributed by atoms with E-state index in [1.165, 1.54) is 24.3 Å². The topological polar surface area (TPSA) is 89.5 Å². The molecule has 0 aliphatic heterocycles. The second-order valence-corrected chi connectivity index (χ2v) is 8.80. The number of benzene rings is 2. The SMILES string of the molecule is CCCOc1ccccc1NS(=O)(=O)c1ccccc1S(C)(=O)=O. The molecule has 0 amide bonds. The number of ether oxygens (including phenoxy) is 1. The first-order chi connectivity index (χ1) is 11.3. The number of para-hydroxylation sites is 2. The molecule has 0 saturated heterocycles. The van der Waals surface area contributed by atoms with Crippen LogP contribution in [-0.4, -0.2) is 29.7 Å². The zero-order valence-corrected chi connectivity index (χ0v) is 15.0. The summed E-state index contributed by atoms with van der Waals surface area (Å²) in [6.45, 7) is 2.38. The zero-order valence-electron chi connectivity index (χ0n) is 13.4. The van der Waals surface area contributed by atoms with Crippen molar-refractivity contribution in [1.29, 1.82) is 0 Å². The van der Waals surface area contributed by atoms with Gasteiger partial charge in [-0.25, -0.2) is 16.8 Å². The molecule has 0 aliphatic rings. The van der Waals surface area contributed by atoms with Gasteiger partial charge in [-0.15, -0.1) is 0 Å². The van der Waals surface area contributed by atoms with Gasteiger partial charge < -0.3 is 4.74 Å². The smallest absolute Gasteiger partial charge is 0.263 e. The van der Waals surface area contributed by atoms with Gasteiger partial charge in [0.25, 0.3) is 10.0 Å². The Morgan fingerprint density at radius 1 is 0.917 bits per heavy atom. The first-order valence-electron chi connectivity index (χ1n) is 7.29. The summed E-state index contributed by atoms with van der Waals surface area (Å²) in [4.78, 5) is -0.540. The normalized spacial score (nSPS) is 11.9. The van der Waals surface area contributed by atoms with Crippen LogP contribution in [0.4, 0.5) is 5.69 Å². The summed E-state index contributed by atoms with van der Waals surface area (Å²) in [6.07, 6.45) is 1.75. The first-order valence-corrected chi connectivity index (χ1v) is 10.7. The van der Waals surface area contributed by atoms with E-state index in [4.69, 9.17) is 4.74 Å². The minimum absolute atomic E-state index is 0.246. The summed E-state index contributed by atoms with van der Waals surface area (Å²) < 4.78 is 56.9. The predicted octanol–water partition coefficient (Wildman–Crippen LogP) is 2.68. The number of anilines is 1. The van der Waals surface area contributed by atoms with Crippen LogP contribution in [0, 0.1) is 0 Å². The molecule has 1 N–H and O–H groups in total. The van der Waals surface area contributed by atoms with Crippen LogP contribution in [0.2, 0.25) is 0 Å². The molecule has 0 spiro atoms. The Bertz CT molecular complexity index is 921. The van der Waals surface area contributed by atoms with E-state index < -0.39 is 19.9 Å². The standard InChI is InChI=1S/C16H19NO5S2/c1-3-12-22-14-9-5-4-8-13(14)17-24(20,21)16-11-7-6-10-15(16)23(2,18)19/h4-11,17H,3,12H2,1-2H3. The highest BCUT2D eigenvalue weighted by molar-refractivity contribution is 7.95. The largest absolute Gasteiger partial charge is 0.491 e. The summed E-state index contributed by atoms with van der Waals surface area (Å²) in [7, 11) is -7.77. The molecule has 0 heterocycles. The number of hydrogen-bond acceptors (Lipinski definition) is 5. The van der Waals surface area contributed by atoms with E-state index in [2.05, 4.69) is 4.72 Å². The monoisotopic (exact) mass is 369 g/mol. The quantitative estimate of drug-likeness (QED) is 0.810. The molecule has 0 saturated carbocycles. The Morgan fingerprint density at radius 2 is 1.50 bits per heavy atom. The second kappa shape index (κ2) is 7.23. The van der Waals surface area contributed by atoms with E-state index in [1.54, 1.807) is 24.3 Å². The highest BCUT2D eigenvalue weighted by Crippen LogP contribution is 2.28. The number of sulfonamides is 1. The maximum Gasteiger partial charge on any atom is 0.263 e. The van der Waals surface area contributed by atoms with Gasteiger partial charge in [0.15, 0.2) is 9.84 Å². The molecule has 0 fully saturated rings. The third kappa shape index (κ3) is 4.27. The van der Waals surface area contributed by atoms with Crippen LogP contribution in [0.15, 0.2) is 58.3 Å². The third-order valence-electron chi connectivity index (χ3n) is 3.13. The lowest BCUT2D eigenvalue weighted by Crippen LogP contribution is -2.17. The summed E-state index contributed by atoms with van der Waals surface area (Å²) in [5, 5.41) is 0. The Kier molecular flexibility index (Phi) is 5.51. The average molecular weight is 369 g/mol. The van der Waals surface area contributed by atoms with Crippen molar-refractivity contribution in [2.75, 3.05) is 17.6 Å². The molecule has 0 aliphatic carbocycles. The van der Waals surface area contributed by atoms with Gasteiger partial charge in [-0.1, -0.05) is 31.2 Å². The van der Waals surface area contributed by atoms with E-state index in [-0.39, 0.29) is 15.5 Å². The van der Waals surface area contributed by atoms with E-state index in [9.17, 15) is 16.8 Å². The van der Waals surface area contributed by atoms with Gasteiger partial charge in [0.2, 0.25) is 0 Å². The lowest BCUT2D eigenvalue weighted by Gasteiger charge is -2.14. The van der Waals surface area contributed by atoms with Crippen molar-refractivity contribution in [3.63, 3.8) is 0 Å². The fourth-order valence-corrected chi connectivity index (χ4v) is 4.77. The first kappa shape index (κ1) is 18.3. The Balaban J connectivity index is 2.45. The fraction of sp³-hybridized carbons (Fsp3) is 0.250. The van der Waals surface area contributed by atoms with Gasteiger partial charge in [0.05, 0.1) is 17.2 Å². The van der Waals surface area contributed by atoms with Crippen LogP contribution in [0.3, 0.4) is 0 Å². The molecule has 0 aromatic heterocycles. The van der Waals surface area contributed by atoms with E-state index in [0.29, 0.717) is 12.4 Å². The maximum atomic E-state index is 12.7. The molecule has 6 nitrogen and oxygen atoms in total. The molecule has 8 heteroatoms.